The lowest BCUT2D eigenvalue weighted by molar-refractivity contribution is 0.0974. The molecule has 0 atom stereocenters. The Balaban J connectivity index is 1.66. The third kappa shape index (κ3) is 6.14. The molecule has 11 nitrogen and oxygen atoms in total. The fourth-order valence-corrected chi connectivity index (χ4v) is 6.43. The number of carbonyl (C=O) groups is 1. The zero-order chi connectivity index (χ0) is 25.1. The maximum atomic E-state index is 12.8. The molecule has 0 radical (unpaired) electrons. The van der Waals surface area contributed by atoms with Gasteiger partial charge in [-0.2, -0.15) is 17.7 Å². The third-order valence-corrected chi connectivity index (χ3v) is 9.19. The summed E-state index contributed by atoms with van der Waals surface area (Å²) in [5.74, 6) is -0.922. The van der Waals surface area contributed by atoms with Gasteiger partial charge in [0.05, 0.1) is 5.75 Å². The number of nitrogens with zero attached hydrogens (tertiary/aromatic N) is 3. The zero-order valence-electron chi connectivity index (χ0n) is 19.8. The van der Waals surface area contributed by atoms with E-state index in [-0.39, 0.29) is 43.6 Å². The average molecular weight is 514 g/mol. The van der Waals surface area contributed by atoms with E-state index in [2.05, 4.69) is 10.3 Å². The number of nitrogens with one attached hydrogen (secondary N) is 2. The van der Waals surface area contributed by atoms with Crippen LogP contribution in [0.3, 0.4) is 0 Å². The third-order valence-electron chi connectivity index (χ3n) is 5.62. The first kappa shape index (κ1) is 26.1. The van der Waals surface area contributed by atoms with Crippen LogP contribution in [0.2, 0.25) is 0 Å². The van der Waals surface area contributed by atoms with Gasteiger partial charge < -0.3 is 9.73 Å². The van der Waals surface area contributed by atoms with Crippen LogP contribution in [-0.2, 0) is 20.2 Å². The van der Waals surface area contributed by atoms with Crippen LogP contribution in [-0.4, -0.2) is 68.3 Å². The van der Waals surface area contributed by atoms with E-state index in [9.17, 15) is 21.6 Å². The van der Waals surface area contributed by atoms with Gasteiger partial charge in [-0.3, -0.25) is 4.79 Å². The molecular formula is C21H31N5O6S2. The summed E-state index contributed by atoms with van der Waals surface area (Å²) in [6, 6.07) is 4.02. The quantitative estimate of drug-likeness (QED) is 0.546. The van der Waals surface area contributed by atoms with Crippen LogP contribution in [0.5, 0.6) is 0 Å². The van der Waals surface area contributed by atoms with Gasteiger partial charge in [0.2, 0.25) is 10.0 Å². The number of rotatable bonds is 8. The van der Waals surface area contributed by atoms with Crippen molar-refractivity contribution in [1.29, 1.82) is 0 Å². The van der Waals surface area contributed by atoms with E-state index in [4.69, 9.17) is 4.42 Å². The lowest BCUT2D eigenvalue weighted by atomic mass is 10.0. The number of carbonyl (C=O) groups excluding carboxylic acids is 1. The minimum absolute atomic E-state index is 0.0145. The van der Waals surface area contributed by atoms with Gasteiger partial charge in [0.15, 0.2) is 5.69 Å². The first-order valence-electron chi connectivity index (χ1n) is 11.0. The molecule has 3 rings (SSSR count). The van der Waals surface area contributed by atoms with Crippen LogP contribution in [0, 0.1) is 20.8 Å². The monoisotopic (exact) mass is 513 g/mol. The van der Waals surface area contributed by atoms with Crippen molar-refractivity contribution in [3.63, 3.8) is 0 Å². The largest absolute Gasteiger partial charge is 0.431 e. The van der Waals surface area contributed by atoms with E-state index in [0.717, 1.165) is 32.9 Å². The number of benzene rings is 1. The molecule has 188 valence electrons. The van der Waals surface area contributed by atoms with Gasteiger partial charge in [-0.05, 0) is 56.4 Å². The van der Waals surface area contributed by atoms with Crippen molar-refractivity contribution in [2.45, 2.75) is 40.5 Å². The molecule has 0 aliphatic carbocycles. The number of sulfonamides is 1. The second-order valence-corrected chi connectivity index (χ2v) is 12.1. The van der Waals surface area contributed by atoms with E-state index in [0.29, 0.717) is 12.8 Å². The molecule has 1 aliphatic heterocycles. The first-order valence-corrected chi connectivity index (χ1v) is 14.1. The molecule has 34 heavy (non-hydrogen) atoms. The van der Waals surface area contributed by atoms with Crippen molar-refractivity contribution >= 4 is 37.8 Å². The summed E-state index contributed by atoms with van der Waals surface area (Å²) >= 11 is 0. The fraction of sp³-hybridized carbons (Fsp3) is 0.524. The second-order valence-electron chi connectivity index (χ2n) is 8.32. The van der Waals surface area contributed by atoms with Gasteiger partial charge in [0, 0.05) is 31.9 Å². The van der Waals surface area contributed by atoms with Crippen LogP contribution in [0.25, 0.3) is 0 Å². The maximum Gasteiger partial charge on any atom is 0.304 e. The summed E-state index contributed by atoms with van der Waals surface area (Å²) in [6.45, 7) is 7.96. The Kier molecular flexibility index (Phi) is 8.01. The molecule has 1 saturated heterocycles. The number of oxazole rings is 1. The molecule has 1 aliphatic rings. The molecule has 1 fully saturated rings. The van der Waals surface area contributed by atoms with E-state index in [1.807, 2.05) is 37.6 Å². The highest BCUT2D eigenvalue weighted by molar-refractivity contribution is 7.89. The standard InChI is InChI=1S/C21H31N5O6S2/c1-5-11-33(28,29)25-7-6-8-26(10-9-25)34(30,31)24-20(27)19-14-32-21(23-19)22-18-13-15(2)12-16(3)17(18)4/h12-14H,5-11H2,1-4H3,(H,22,23)(H,24,27). The SMILES string of the molecule is CCCS(=O)(=O)N1CCCN(S(=O)(=O)NC(=O)c2coc(Nc3cc(C)cc(C)c3C)n2)CC1. The van der Waals surface area contributed by atoms with Gasteiger partial charge in [0.1, 0.15) is 6.26 Å². The van der Waals surface area contributed by atoms with E-state index in [1.165, 1.54) is 4.31 Å². The minimum atomic E-state index is -4.19. The highest BCUT2D eigenvalue weighted by atomic mass is 32.2. The van der Waals surface area contributed by atoms with Gasteiger partial charge in [-0.1, -0.05) is 13.0 Å². The molecule has 2 heterocycles. The molecular weight excluding hydrogens is 482 g/mol. The minimum Gasteiger partial charge on any atom is -0.431 e. The lowest BCUT2D eigenvalue weighted by Gasteiger charge is -2.21. The predicted octanol–water partition coefficient (Wildman–Crippen LogP) is 2.07. The molecule has 2 aromatic rings. The summed E-state index contributed by atoms with van der Waals surface area (Å²) in [4.78, 5) is 16.6. The van der Waals surface area contributed by atoms with Crippen molar-refractivity contribution < 1.29 is 26.0 Å². The van der Waals surface area contributed by atoms with E-state index >= 15 is 0 Å². The Morgan fingerprint density at radius 2 is 1.74 bits per heavy atom. The smallest absolute Gasteiger partial charge is 0.304 e. The van der Waals surface area contributed by atoms with Gasteiger partial charge in [-0.25, -0.2) is 17.4 Å². The lowest BCUT2D eigenvalue weighted by Crippen LogP contribution is -2.45. The summed E-state index contributed by atoms with van der Waals surface area (Å²) in [6.07, 6.45) is 1.88. The highest BCUT2D eigenvalue weighted by Crippen LogP contribution is 2.24. The predicted molar refractivity (Wildman–Crippen MR) is 129 cm³/mol. The summed E-state index contributed by atoms with van der Waals surface area (Å²) in [5, 5.41) is 3.01. The van der Waals surface area contributed by atoms with Crippen molar-refractivity contribution in [2.24, 2.45) is 0 Å². The molecule has 0 unspecified atom stereocenters. The number of aryl methyl sites for hydroxylation is 2. The van der Waals surface area contributed by atoms with Crippen LogP contribution < -0.4 is 10.0 Å². The van der Waals surface area contributed by atoms with Crippen LogP contribution in [0.4, 0.5) is 11.7 Å². The van der Waals surface area contributed by atoms with E-state index < -0.39 is 26.1 Å². The highest BCUT2D eigenvalue weighted by Gasteiger charge is 2.31. The Labute approximate surface area is 200 Å². The van der Waals surface area contributed by atoms with Crippen LogP contribution >= 0.6 is 0 Å². The molecule has 13 heteroatoms. The molecule has 1 aromatic carbocycles. The average Bonchev–Trinajstić information content (AvgIpc) is 3.04. The summed E-state index contributed by atoms with van der Waals surface area (Å²) in [5.41, 5.74) is 3.69. The Morgan fingerprint density at radius 3 is 2.44 bits per heavy atom. The zero-order valence-corrected chi connectivity index (χ0v) is 21.4. The van der Waals surface area contributed by atoms with Gasteiger partial charge in [0.25, 0.3) is 11.9 Å². The van der Waals surface area contributed by atoms with Crippen molar-refractivity contribution in [3.05, 3.63) is 40.8 Å². The Bertz CT molecular complexity index is 1260. The summed E-state index contributed by atoms with van der Waals surface area (Å²) < 4.78 is 59.9. The van der Waals surface area contributed by atoms with E-state index in [1.54, 1.807) is 6.92 Å². The van der Waals surface area contributed by atoms with Crippen molar-refractivity contribution in [3.8, 4) is 0 Å². The Hall–Kier alpha value is -2.48. The summed E-state index contributed by atoms with van der Waals surface area (Å²) in [7, 11) is -7.62. The normalized spacial score (nSPS) is 16.2. The van der Waals surface area contributed by atoms with Crippen molar-refractivity contribution in [2.75, 3.05) is 37.2 Å². The number of aromatic nitrogens is 1. The molecule has 0 spiro atoms. The van der Waals surface area contributed by atoms with Gasteiger partial charge in [-0.15, -0.1) is 0 Å². The van der Waals surface area contributed by atoms with Crippen LogP contribution in [0.1, 0.15) is 46.9 Å². The molecule has 1 aromatic heterocycles. The number of hydrogen-bond acceptors (Lipinski definition) is 8. The maximum absolute atomic E-state index is 12.8. The van der Waals surface area contributed by atoms with Crippen LogP contribution in [0.15, 0.2) is 22.8 Å². The number of hydrogen-bond donors (Lipinski definition) is 2. The second kappa shape index (κ2) is 10.4. The Morgan fingerprint density at radius 1 is 1.06 bits per heavy atom. The molecule has 0 saturated carbocycles. The molecule has 1 amide bonds. The fourth-order valence-electron chi connectivity index (χ4n) is 3.73. The molecule has 0 bridgehead atoms. The molecule has 2 N–H and O–H groups in total. The van der Waals surface area contributed by atoms with Gasteiger partial charge >= 0.3 is 10.2 Å². The first-order chi connectivity index (χ1) is 15.9. The number of amides is 1. The number of anilines is 2. The topological polar surface area (TPSA) is 142 Å². The van der Waals surface area contributed by atoms with Crippen molar-refractivity contribution in [1.82, 2.24) is 18.3 Å².